The summed E-state index contributed by atoms with van der Waals surface area (Å²) in [6.07, 6.45) is -0.740. The van der Waals surface area contributed by atoms with E-state index in [4.69, 9.17) is 9.84 Å². The second-order valence-electron chi connectivity index (χ2n) is 4.45. The topological polar surface area (TPSA) is 49.8 Å². The maximum absolute atomic E-state index is 10.9. The van der Waals surface area contributed by atoms with E-state index in [0.717, 1.165) is 13.1 Å². The zero-order valence-electron chi connectivity index (χ0n) is 10.3. The van der Waals surface area contributed by atoms with Crippen molar-refractivity contribution in [2.45, 2.75) is 25.7 Å². The zero-order valence-corrected chi connectivity index (χ0v) is 11.1. The Morgan fingerprint density at radius 2 is 2.06 bits per heavy atom. The number of hydrogen-bond acceptors (Lipinski definition) is 3. The fourth-order valence-corrected chi connectivity index (χ4v) is 2.15. The average molecular weight is 272 g/mol. The van der Waals surface area contributed by atoms with Crippen molar-refractivity contribution in [1.82, 2.24) is 4.90 Å². The van der Waals surface area contributed by atoms with Crippen LogP contribution in [-0.4, -0.2) is 41.3 Å². The molecule has 2 atom stereocenters. The number of benzene rings is 1. The van der Waals surface area contributed by atoms with Crippen LogP contribution in [0.1, 0.15) is 12.5 Å². The van der Waals surface area contributed by atoms with Gasteiger partial charge in [-0.2, -0.15) is 0 Å². The summed E-state index contributed by atoms with van der Waals surface area (Å²) >= 11 is 0. The molecule has 100 valence electrons. The number of hydrogen-bond donors (Lipinski definition) is 1. The normalized spacial score (nSPS) is 24.3. The van der Waals surface area contributed by atoms with Crippen molar-refractivity contribution in [3.63, 3.8) is 0 Å². The predicted molar refractivity (Wildman–Crippen MR) is 70.9 cm³/mol. The second-order valence-corrected chi connectivity index (χ2v) is 4.45. The van der Waals surface area contributed by atoms with Gasteiger partial charge in [-0.25, -0.2) is 4.79 Å². The Kier molecular flexibility index (Phi) is 5.59. The van der Waals surface area contributed by atoms with E-state index in [-0.39, 0.29) is 18.5 Å². The van der Waals surface area contributed by atoms with Crippen molar-refractivity contribution >= 4 is 18.4 Å². The van der Waals surface area contributed by atoms with Gasteiger partial charge in [-0.1, -0.05) is 30.3 Å². The van der Waals surface area contributed by atoms with E-state index < -0.39 is 12.1 Å². The van der Waals surface area contributed by atoms with Crippen LogP contribution < -0.4 is 0 Å². The molecule has 0 aliphatic carbocycles. The summed E-state index contributed by atoms with van der Waals surface area (Å²) in [6.45, 7) is 3.92. The van der Waals surface area contributed by atoms with E-state index in [0.29, 0.717) is 6.54 Å². The summed E-state index contributed by atoms with van der Waals surface area (Å²) in [6, 6.07) is 10.1. The molecule has 0 spiro atoms. The van der Waals surface area contributed by atoms with E-state index in [1.807, 2.05) is 25.1 Å². The molecule has 1 saturated heterocycles. The van der Waals surface area contributed by atoms with Crippen molar-refractivity contribution in [1.29, 1.82) is 0 Å². The molecule has 0 radical (unpaired) electrons. The van der Waals surface area contributed by atoms with Crippen LogP contribution in [0.15, 0.2) is 30.3 Å². The third kappa shape index (κ3) is 3.98. The van der Waals surface area contributed by atoms with Crippen LogP contribution in [0.25, 0.3) is 0 Å². The molecule has 0 unspecified atom stereocenters. The highest BCUT2D eigenvalue weighted by molar-refractivity contribution is 5.85. The molecule has 1 aliphatic rings. The van der Waals surface area contributed by atoms with Crippen LogP contribution in [0.4, 0.5) is 0 Å². The maximum Gasteiger partial charge on any atom is 0.334 e. The molecule has 1 fully saturated rings. The standard InChI is InChI=1S/C13H17NO3.ClH/c1-10-7-14(9-12(17-10)13(15)16)8-11-5-3-2-4-6-11;/h2-6,10,12H,7-9H2,1H3,(H,15,16);1H/t10-,12-;/m1./s1. The van der Waals surface area contributed by atoms with Gasteiger partial charge in [0.05, 0.1) is 6.10 Å². The van der Waals surface area contributed by atoms with Gasteiger partial charge in [-0.15, -0.1) is 12.4 Å². The lowest BCUT2D eigenvalue weighted by molar-refractivity contribution is -0.163. The zero-order chi connectivity index (χ0) is 12.3. The number of rotatable bonds is 3. The number of nitrogens with zero attached hydrogens (tertiary/aromatic N) is 1. The molecule has 2 rings (SSSR count). The predicted octanol–water partition coefficient (Wildman–Crippen LogP) is 1.78. The first-order chi connectivity index (χ1) is 8.15. The Morgan fingerprint density at radius 1 is 1.39 bits per heavy atom. The number of carboxylic acid groups (broad SMARTS) is 1. The van der Waals surface area contributed by atoms with Crippen LogP contribution in [0.5, 0.6) is 0 Å². The average Bonchev–Trinajstić information content (AvgIpc) is 2.29. The first-order valence-corrected chi connectivity index (χ1v) is 5.79. The van der Waals surface area contributed by atoms with Crippen molar-refractivity contribution in [3.8, 4) is 0 Å². The van der Waals surface area contributed by atoms with Crippen molar-refractivity contribution in [2.75, 3.05) is 13.1 Å². The van der Waals surface area contributed by atoms with Gasteiger partial charge in [-0.05, 0) is 12.5 Å². The lowest BCUT2D eigenvalue weighted by Gasteiger charge is -2.34. The highest BCUT2D eigenvalue weighted by Gasteiger charge is 2.29. The third-order valence-electron chi connectivity index (χ3n) is 2.86. The Hall–Kier alpha value is -1.10. The first-order valence-electron chi connectivity index (χ1n) is 5.79. The van der Waals surface area contributed by atoms with Crippen LogP contribution in [0.2, 0.25) is 0 Å². The summed E-state index contributed by atoms with van der Waals surface area (Å²) in [5.74, 6) is -0.880. The van der Waals surface area contributed by atoms with E-state index >= 15 is 0 Å². The van der Waals surface area contributed by atoms with Gasteiger partial charge in [0.2, 0.25) is 0 Å². The Labute approximate surface area is 113 Å². The molecule has 0 saturated carbocycles. The minimum absolute atomic E-state index is 0. The van der Waals surface area contributed by atoms with Gasteiger partial charge < -0.3 is 9.84 Å². The highest BCUT2D eigenvalue weighted by Crippen LogP contribution is 2.14. The number of ether oxygens (including phenoxy) is 1. The third-order valence-corrected chi connectivity index (χ3v) is 2.86. The number of morpholine rings is 1. The SMILES string of the molecule is C[C@@H]1CN(Cc2ccccc2)C[C@H](C(=O)O)O1.Cl. The van der Waals surface area contributed by atoms with Crippen LogP contribution in [0.3, 0.4) is 0 Å². The summed E-state index contributed by atoms with van der Waals surface area (Å²) in [5.41, 5.74) is 1.20. The van der Waals surface area contributed by atoms with Crippen LogP contribution in [-0.2, 0) is 16.1 Å². The van der Waals surface area contributed by atoms with Gasteiger partial charge in [0.1, 0.15) is 0 Å². The first kappa shape index (κ1) is 15.0. The lowest BCUT2D eigenvalue weighted by Crippen LogP contribution is -2.49. The quantitative estimate of drug-likeness (QED) is 0.911. The lowest BCUT2D eigenvalue weighted by atomic mass is 10.1. The molecule has 0 aromatic heterocycles. The van der Waals surface area contributed by atoms with Gasteiger partial charge in [0.15, 0.2) is 6.10 Å². The molecule has 0 amide bonds. The monoisotopic (exact) mass is 271 g/mol. The maximum atomic E-state index is 10.9. The van der Waals surface area contributed by atoms with Crippen molar-refractivity contribution in [2.24, 2.45) is 0 Å². The fraction of sp³-hybridized carbons (Fsp3) is 0.462. The Bertz CT molecular complexity index is 385. The molecule has 1 heterocycles. The molecular weight excluding hydrogens is 254 g/mol. The molecule has 1 N–H and O–H groups in total. The molecule has 5 heteroatoms. The molecule has 1 aromatic rings. The smallest absolute Gasteiger partial charge is 0.334 e. The Balaban J connectivity index is 0.00000162. The molecule has 4 nitrogen and oxygen atoms in total. The summed E-state index contributed by atoms with van der Waals surface area (Å²) < 4.78 is 5.37. The van der Waals surface area contributed by atoms with Gasteiger partial charge in [-0.3, -0.25) is 4.90 Å². The summed E-state index contributed by atoms with van der Waals surface area (Å²) in [5, 5.41) is 8.99. The van der Waals surface area contributed by atoms with E-state index in [9.17, 15) is 4.79 Å². The number of carboxylic acids is 1. The molecule has 1 aliphatic heterocycles. The van der Waals surface area contributed by atoms with Gasteiger partial charge in [0.25, 0.3) is 0 Å². The van der Waals surface area contributed by atoms with Crippen LogP contribution in [0, 0.1) is 0 Å². The van der Waals surface area contributed by atoms with E-state index in [2.05, 4.69) is 17.0 Å². The Morgan fingerprint density at radius 3 is 2.67 bits per heavy atom. The second kappa shape index (κ2) is 6.73. The number of halogens is 1. The molecular formula is C13H18ClNO3. The van der Waals surface area contributed by atoms with E-state index in [1.54, 1.807) is 0 Å². The van der Waals surface area contributed by atoms with Gasteiger partial charge >= 0.3 is 5.97 Å². The molecule has 18 heavy (non-hydrogen) atoms. The van der Waals surface area contributed by atoms with Crippen molar-refractivity contribution < 1.29 is 14.6 Å². The number of aliphatic carboxylic acids is 1. The number of carbonyl (C=O) groups is 1. The van der Waals surface area contributed by atoms with Gasteiger partial charge in [0, 0.05) is 19.6 Å². The largest absolute Gasteiger partial charge is 0.479 e. The molecule has 0 bridgehead atoms. The minimum atomic E-state index is -0.880. The highest BCUT2D eigenvalue weighted by atomic mass is 35.5. The van der Waals surface area contributed by atoms with Crippen LogP contribution >= 0.6 is 12.4 Å². The van der Waals surface area contributed by atoms with Crippen molar-refractivity contribution in [3.05, 3.63) is 35.9 Å². The minimum Gasteiger partial charge on any atom is -0.479 e. The van der Waals surface area contributed by atoms with E-state index in [1.165, 1.54) is 5.56 Å². The summed E-state index contributed by atoms with van der Waals surface area (Å²) in [4.78, 5) is 13.1. The fourth-order valence-electron chi connectivity index (χ4n) is 2.15. The summed E-state index contributed by atoms with van der Waals surface area (Å²) in [7, 11) is 0. The molecule has 1 aromatic carbocycles.